The molecule has 0 radical (unpaired) electrons. The summed E-state index contributed by atoms with van der Waals surface area (Å²) in [5.74, 6) is 1.90. The fourth-order valence-corrected chi connectivity index (χ4v) is 1.78. The van der Waals surface area contributed by atoms with E-state index in [4.69, 9.17) is 4.74 Å². The predicted octanol–water partition coefficient (Wildman–Crippen LogP) is 3.08. The largest absolute Gasteiger partial charge is 0.439 e. The number of anilines is 2. The van der Waals surface area contributed by atoms with Crippen LogP contribution < -0.4 is 15.0 Å². The molecule has 0 amide bonds. The zero-order chi connectivity index (χ0) is 14.5. The molecule has 0 saturated carbocycles. The minimum absolute atomic E-state index is 0.546. The van der Waals surface area contributed by atoms with Gasteiger partial charge in [-0.3, -0.25) is 0 Å². The van der Waals surface area contributed by atoms with Gasteiger partial charge in [-0.15, -0.1) is 0 Å². The van der Waals surface area contributed by atoms with Crippen LogP contribution in [-0.4, -0.2) is 30.6 Å². The van der Waals surface area contributed by atoms with Crippen LogP contribution in [0.15, 0.2) is 30.3 Å². The molecule has 0 aliphatic heterocycles. The van der Waals surface area contributed by atoms with E-state index in [1.807, 2.05) is 63.2 Å². The lowest BCUT2D eigenvalue weighted by Gasteiger charge is -2.14. The molecule has 106 valence electrons. The summed E-state index contributed by atoms with van der Waals surface area (Å²) in [5.41, 5.74) is 1.95. The fraction of sp³-hybridized carbons (Fsp3) is 0.333. The van der Waals surface area contributed by atoms with E-state index in [1.165, 1.54) is 0 Å². The minimum atomic E-state index is 0.546. The lowest BCUT2D eigenvalue weighted by atomic mass is 10.3. The Morgan fingerprint density at radius 1 is 1.20 bits per heavy atom. The second-order valence-corrected chi connectivity index (χ2v) is 4.70. The molecule has 20 heavy (non-hydrogen) atoms. The third-order valence-corrected chi connectivity index (χ3v) is 2.72. The van der Waals surface area contributed by atoms with Gasteiger partial charge in [0.2, 0.25) is 11.8 Å². The minimum Gasteiger partial charge on any atom is -0.439 e. The van der Waals surface area contributed by atoms with Crippen LogP contribution in [0.3, 0.4) is 0 Å². The van der Waals surface area contributed by atoms with E-state index in [9.17, 15) is 0 Å². The summed E-state index contributed by atoms with van der Waals surface area (Å²) < 4.78 is 5.82. The van der Waals surface area contributed by atoms with Crippen molar-refractivity contribution in [3.63, 3.8) is 0 Å². The molecule has 0 bridgehead atoms. The van der Waals surface area contributed by atoms with Crippen molar-refractivity contribution in [1.29, 1.82) is 0 Å². The Bertz CT molecular complexity index is 584. The van der Waals surface area contributed by atoms with Crippen molar-refractivity contribution in [2.75, 3.05) is 30.9 Å². The van der Waals surface area contributed by atoms with E-state index in [0.29, 0.717) is 11.8 Å². The summed E-state index contributed by atoms with van der Waals surface area (Å²) in [4.78, 5) is 10.7. The first-order chi connectivity index (χ1) is 9.58. The molecular weight excluding hydrogens is 252 g/mol. The maximum absolute atomic E-state index is 5.82. The van der Waals surface area contributed by atoms with Crippen molar-refractivity contribution in [1.82, 2.24) is 9.97 Å². The first-order valence-electron chi connectivity index (χ1n) is 6.63. The van der Waals surface area contributed by atoms with Gasteiger partial charge in [0, 0.05) is 44.2 Å². The van der Waals surface area contributed by atoms with Gasteiger partial charge < -0.3 is 15.0 Å². The predicted molar refractivity (Wildman–Crippen MR) is 81.8 cm³/mol. The monoisotopic (exact) mass is 272 g/mol. The van der Waals surface area contributed by atoms with Crippen LogP contribution in [0, 0.1) is 6.92 Å². The van der Waals surface area contributed by atoms with Gasteiger partial charge in [0.25, 0.3) is 0 Å². The Balaban J connectivity index is 2.23. The van der Waals surface area contributed by atoms with Crippen LogP contribution in [0.2, 0.25) is 0 Å². The summed E-state index contributed by atoms with van der Waals surface area (Å²) >= 11 is 0. The molecule has 0 atom stereocenters. The quantitative estimate of drug-likeness (QED) is 0.906. The number of aryl methyl sites for hydroxylation is 1. The molecule has 2 aromatic rings. The fourth-order valence-electron chi connectivity index (χ4n) is 1.78. The Labute approximate surface area is 119 Å². The average Bonchev–Trinajstić information content (AvgIpc) is 2.38. The third kappa shape index (κ3) is 3.60. The maximum Gasteiger partial charge on any atom is 0.226 e. The number of aromatic nitrogens is 2. The van der Waals surface area contributed by atoms with Crippen LogP contribution in [0.5, 0.6) is 11.6 Å². The molecule has 0 fully saturated rings. The Morgan fingerprint density at radius 2 is 2.00 bits per heavy atom. The highest BCUT2D eigenvalue weighted by Gasteiger charge is 2.05. The Kier molecular flexibility index (Phi) is 4.40. The van der Waals surface area contributed by atoms with Gasteiger partial charge in [0.15, 0.2) is 0 Å². The second-order valence-electron chi connectivity index (χ2n) is 4.70. The number of rotatable bonds is 5. The molecule has 0 aliphatic rings. The summed E-state index contributed by atoms with van der Waals surface area (Å²) in [6.45, 7) is 4.71. The average molecular weight is 272 g/mol. The Hall–Kier alpha value is -2.30. The van der Waals surface area contributed by atoms with Crippen LogP contribution in [-0.2, 0) is 0 Å². The summed E-state index contributed by atoms with van der Waals surface area (Å²) in [5, 5.41) is 3.09. The van der Waals surface area contributed by atoms with Gasteiger partial charge >= 0.3 is 0 Å². The number of nitrogens with one attached hydrogen (secondary N) is 1. The topological polar surface area (TPSA) is 50.3 Å². The number of benzene rings is 1. The lowest BCUT2D eigenvalue weighted by molar-refractivity contribution is 0.461. The molecule has 1 heterocycles. The molecule has 0 saturated heterocycles. The number of ether oxygens (including phenoxy) is 1. The van der Waals surface area contributed by atoms with Crippen LogP contribution in [0.1, 0.15) is 12.6 Å². The standard InChI is InChI=1S/C15H20N4O/c1-5-16-15-17-11(2)9-14(18-15)20-13-8-6-7-12(10-13)19(3)4/h6-10H,5H2,1-4H3,(H,16,17,18). The van der Waals surface area contributed by atoms with Gasteiger partial charge in [-0.05, 0) is 26.0 Å². The summed E-state index contributed by atoms with van der Waals surface area (Å²) in [7, 11) is 3.99. The lowest BCUT2D eigenvalue weighted by Crippen LogP contribution is -2.08. The first-order valence-corrected chi connectivity index (χ1v) is 6.63. The van der Waals surface area contributed by atoms with E-state index in [0.717, 1.165) is 23.7 Å². The molecule has 5 nitrogen and oxygen atoms in total. The molecule has 1 aromatic carbocycles. The third-order valence-electron chi connectivity index (χ3n) is 2.72. The second kappa shape index (κ2) is 6.23. The smallest absolute Gasteiger partial charge is 0.226 e. The molecule has 0 spiro atoms. The van der Waals surface area contributed by atoms with Crippen molar-refractivity contribution in [2.45, 2.75) is 13.8 Å². The summed E-state index contributed by atoms with van der Waals surface area (Å²) in [6, 6.07) is 9.71. The van der Waals surface area contributed by atoms with Crippen molar-refractivity contribution in [3.8, 4) is 11.6 Å². The van der Waals surface area contributed by atoms with E-state index in [2.05, 4.69) is 15.3 Å². The van der Waals surface area contributed by atoms with Crippen molar-refractivity contribution in [3.05, 3.63) is 36.0 Å². The zero-order valence-corrected chi connectivity index (χ0v) is 12.3. The van der Waals surface area contributed by atoms with Crippen molar-refractivity contribution in [2.24, 2.45) is 0 Å². The van der Waals surface area contributed by atoms with Gasteiger partial charge in [-0.25, -0.2) is 4.98 Å². The number of hydrogen-bond donors (Lipinski definition) is 1. The van der Waals surface area contributed by atoms with Crippen LogP contribution in [0.25, 0.3) is 0 Å². The van der Waals surface area contributed by atoms with Gasteiger partial charge in [-0.2, -0.15) is 4.98 Å². The van der Waals surface area contributed by atoms with Gasteiger partial charge in [0.05, 0.1) is 0 Å². The highest BCUT2D eigenvalue weighted by atomic mass is 16.5. The highest BCUT2D eigenvalue weighted by Crippen LogP contribution is 2.24. The van der Waals surface area contributed by atoms with E-state index in [1.54, 1.807) is 0 Å². The first kappa shape index (κ1) is 14.1. The SMILES string of the molecule is CCNc1nc(C)cc(Oc2cccc(N(C)C)c2)n1. The van der Waals surface area contributed by atoms with Gasteiger partial charge in [-0.1, -0.05) is 6.07 Å². The van der Waals surface area contributed by atoms with Gasteiger partial charge in [0.1, 0.15) is 5.75 Å². The summed E-state index contributed by atoms with van der Waals surface area (Å²) in [6.07, 6.45) is 0. The number of nitrogens with zero attached hydrogens (tertiary/aromatic N) is 3. The van der Waals surface area contributed by atoms with E-state index < -0.39 is 0 Å². The molecule has 1 N–H and O–H groups in total. The molecule has 5 heteroatoms. The molecule has 0 aliphatic carbocycles. The maximum atomic E-state index is 5.82. The normalized spacial score (nSPS) is 10.2. The molecule has 2 rings (SSSR count). The van der Waals surface area contributed by atoms with Crippen molar-refractivity contribution >= 4 is 11.6 Å². The molecule has 1 aromatic heterocycles. The van der Waals surface area contributed by atoms with E-state index >= 15 is 0 Å². The zero-order valence-electron chi connectivity index (χ0n) is 12.3. The highest BCUT2D eigenvalue weighted by molar-refractivity contribution is 5.50. The van der Waals surface area contributed by atoms with E-state index in [-0.39, 0.29) is 0 Å². The Morgan fingerprint density at radius 3 is 2.70 bits per heavy atom. The van der Waals surface area contributed by atoms with Crippen LogP contribution >= 0.6 is 0 Å². The van der Waals surface area contributed by atoms with Crippen LogP contribution in [0.4, 0.5) is 11.6 Å². The molecule has 0 unspecified atom stereocenters. The molecular formula is C15H20N4O. The number of hydrogen-bond acceptors (Lipinski definition) is 5. The van der Waals surface area contributed by atoms with Crippen molar-refractivity contribution < 1.29 is 4.74 Å².